The summed E-state index contributed by atoms with van der Waals surface area (Å²) in [7, 11) is 1.55. The lowest BCUT2D eigenvalue weighted by atomic mass is 10.1. The van der Waals surface area contributed by atoms with Crippen LogP contribution in [-0.2, 0) is 14.3 Å². The molecule has 1 atom stereocenters. The van der Waals surface area contributed by atoms with Crippen LogP contribution in [0.4, 0.5) is 0 Å². The maximum absolute atomic E-state index is 11.8. The third-order valence-electron chi connectivity index (χ3n) is 2.51. The van der Waals surface area contributed by atoms with Crippen molar-refractivity contribution in [2.24, 2.45) is 0 Å². The fourth-order valence-corrected chi connectivity index (χ4v) is 1.51. The predicted octanol–water partition coefficient (Wildman–Crippen LogP) is 2.23. The Morgan fingerprint density at radius 1 is 1.22 bits per heavy atom. The number of hydrogen-bond acceptors (Lipinski definition) is 4. The van der Waals surface area contributed by atoms with Gasteiger partial charge in [0.15, 0.2) is 5.78 Å². The van der Waals surface area contributed by atoms with Gasteiger partial charge in [0, 0.05) is 12.7 Å². The molecule has 0 saturated heterocycles. The number of carbonyl (C=O) groups is 2. The number of carbonyl (C=O) groups excluding carboxylic acids is 2. The van der Waals surface area contributed by atoms with Gasteiger partial charge in [-0.1, -0.05) is 37.3 Å². The highest BCUT2D eigenvalue weighted by atomic mass is 16.6. The maximum atomic E-state index is 11.8. The van der Waals surface area contributed by atoms with Crippen LogP contribution in [0.5, 0.6) is 0 Å². The normalized spacial score (nSPS) is 11.9. The summed E-state index contributed by atoms with van der Waals surface area (Å²) in [6.45, 7) is 2.25. The van der Waals surface area contributed by atoms with Crippen molar-refractivity contribution in [1.82, 2.24) is 0 Å². The summed E-state index contributed by atoms with van der Waals surface area (Å²) in [5, 5.41) is 0. The number of esters is 1. The summed E-state index contributed by atoms with van der Waals surface area (Å²) in [4.78, 5) is 23.3. The van der Waals surface area contributed by atoms with E-state index in [0.29, 0.717) is 18.6 Å². The summed E-state index contributed by atoms with van der Waals surface area (Å²) in [6, 6.07) is 8.71. The first kappa shape index (κ1) is 14.4. The van der Waals surface area contributed by atoms with Crippen LogP contribution >= 0.6 is 0 Å². The molecule has 0 spiro atoms. The smallest absolute Gasteiger partial charge is 0.314 e. The lowest BCUT2D eigenvalue weighted by Crippen LogP contribution is -2.23. The first-order chi connectivity index (χ1) is 8.67. The molecule has 0 fully saturated rings. The number of Topliss-reactive ketones (excluding diaryl/α,β-unsaturated/α-hetero) is 1. The van der Waals surface area contributed by atoms with Crippen LogP contribution in [0.25, 0.3) is 0 Å². The highest BCUT2D eigenvalue weighted by Gasteiger charge is 2.16. The minimum atomic E-state index is -0.507. The Morgan fingerprint density at radius 3 is 2.44 bits per heavy atom. The predicted molar refractivity (Wildman–Crippen MR) is 67.4 cm³/mol. The van der Waals surface area contributed by atoms with Gasteiger partial charge in [0.25, 0.3) is 0 Å². The molecule has 98 valence electrons. The zero-order valence-electron chi connectivity index (χ0n) is 10.7. The lowest BCUT2D eigenvalue weighted by molar-refractivity contribution is -0.150. The van der Waals surface area contributed by atoms with E-state index in [0.717, 1.165) is 0 Å². The molecule has 0 heterocycles. The second kappa shape index (κ2) is 7.61. The second-order valence-electron chi connectivity index (χ2n) is 3.94. The summed E-state index contributed by atoms with van der Waals surface area (Å²) in [5.41, 5.74) is 0.522. The summed E-state index contributed by atoms with van der Waals surface area (Å²) < 4.78 is 10.1. The fourth-order valence-electron chi connectivity index (χ4n) is 1.51. The van der Waals surface area contributed by atoms with Gasteiger partial charge in [-0.2, -0.15) is 0 Å². The van der Waals surface area contributed by atoms with E-state index < -0.39 is 5.97 Å². The topological polar surface area (TPSA) is 52.6 Å². The van der Waals surface area contributed by atoms with Crippen LogP contribution in [0, 0.1) is 0 Å². The van der Waals surface area contributed by atoms with E-state index >= 15 is 0 Å². The Balaban J connectivity index is 2.47. The molecule has 4 nitrogen and oxygen atoms in total. The van der Waals surface area contributed by atoms with E-state index in [2.05, 4.69) is 0 Å². The second-order valence-corrected chi connectivity index (χ2v) is 3.94. The number of hydrogen-bond donors (Lipinski definition) is 0. The minimum absolute atomic E-state index is 0.229. The molecule has 1 unspecified atom stereocenters. The van der Waals surface area contributed by atoms with Gasteiger partial charge < -0.3 is 9.47 Å². The third kappa shape index (κ3) is 4.67. The molecule has 18 heavy (non-hydrogen) atoms. The molecule has 1 aromatic carbocycles. The highest BCUT2D eigenvalue weighted by molar-refractivity contribution is 6.05. The van der Waals surface area contributed by atoms with Crippen molar-refractivity contribution in [3.63, 3.8) is 0 Å². The average Bonchev–Trinajstić information content (AvgIpc) is 2.39. The van der Waals surface area contributed by atoms with Gasteiger partial charge in [-0.25, -0.2) is 0 Å². The largest absolute Gasteiger partial charge is 0.460 e. The van der Waals surface area contributed by atoms with Crippen LogP contribution in [0.1, 0.15) is 30.1 Å². The van der Waals surface area contributed by atoms with E-state index in [4.69, 9.17) is 9.47 Å². The Bertz CT molecular complexity index is 386. The molecule has 0 bridgehead atoms. The Labute approximate surface area is 107 Å². The van der Waals surface area contributed by atoms with Gasteiger partial charge >= 0.3 is 5.97 Å². The Morgan fingerprint density at radius 2 is 1.89 bits per heavy atom. The van der Waals surface area contributed by atoms with E-state index in [1.54, 1.807) is 31.4 Å². The highest BCUT2D eigenvalue weighted by Crippen LogP contribution is 2.06. The van der Waals surface area contributed by atoms with Crippen molar-refractivity contribution in [2.75, 3.05) is 13.7 Å². The van der Waals surface area contributed by atoms with Gasteiger partial charge in [0.2, 0.25) is 0 Å². The van der Waals surface area contributed by atoms with Crippen LogP contribution in [-0.4, -0.2) is 31.6 Å². The third-order valence-corrected chi connectivity index (χ3v) is 2.51. The molecule has 0 aliphatic rings. The zero-order valence-corrected chi connectivity index (χ0v) is 10.7. The number of ether oxygens (including phenoxy) is 2. The van der Waals surface area contributed by atoms with Crippen molar-refractivity contribution in [3.8, 4) is 0 Å². The monoisotopic (exact) mass is 250 g/mol. The minimum Gasteiger partial charge on any atom is -0.460 e. The molecular weight excluding hydrogens is 232 g/mol. The molecule has 0 saturated carbocycles. The molecule has 4 heteroatoms. The molecule has 1 rings (SSSR count). The maximum Gasteiger partial charge on any atom is 0.314 e. The zero-order chi connectivity index (χ0) is 13.4. The van der Waals surface area contributed by atoms with Gasteiger partial charge in [0.05, 0.1) is 6.61 Å². The number of ketones is 1. The van der Waals surface area contributed by atoms with Crippen LogP contribution in [0.2, 0.25) is 0 Å². The molecule has 0 N–H and O–H groups in total. The molecule has 0 aromatic heterocycles. The van der Waals surface area contributed by atoms with Crippen LogP contribution in [0.15, 0.2) is 30.3 Å². The van der Waals surface area contributed by atoms with Crippen molar-refractivity contribution in [2.45, 2.75) is 25.9 Å². The quantitative estimate of drug-likeness (QED) is 0.423. The summed E-state index contributed by atoms with van der Waals surface area (Å²) in [6.07, 6.45) is 0.148. The molecule has 0 amide bonds. The van der Waals surface area contributed by atoms with E-state index in [1.807, 2.05) is 13.0 Å². The van der Waals surface area contributed by atoms with Crippen molar-refractivity contribution in [1.29, 1.82) is 0 Å². The lowest BCUT2D eigenvalue weighted by Gasteiger charge is -2.14. The Hall–Kier alpha value is -1.68. The SMILES string of the molecule is CCC(COC)OC(=O)CC(=O)c1ccccc1. The molecule has 0 aliphatic carbocycles. The van der Waals surface area contributed by atoms with Crippen molar-refractivity contribution >= 4 is 11.8 Å². The van der Waals surface area contributed by atoms with E-state index in [-0.39, 0.29) is 18.3 Å². The van der Waals surface area contributed by atoms with Crippen molar-refractivity contribution < 1.29 is 19.1 Å². The van der Waals surface area contributed by atoms with Crippen molar-refractivity contribution in [3.05, 3.63) is 35.9 Å². The standard InChI is InChI=1S/C14H18O4/c1-3-12(10-17-2)18-14(16)9-13(15)11-7-5-4-6-8-11/h4-8,12H,3,9-10H2,1-2H3. The average molecular weight is 250 g/mol. The van der Waals surface area contributed by atoms with E-state index in [1.165, 1.54) is 0 Å². The first-order valence-electron chi connectivity index (χ1n) is 5.94. The van der Waals surface area contributed by atoms with Gasteiger partial charge in [-0.15, -0.1) is 0 Å². The summed E-state index contributed by atoms with van der Waals surface area (Å²) in [5.74, 6) is -0.736. The van der Waals surface area contributed by atoms with Crippen LogP contribution < -0.4 is 0 Å². The molecule has 0 aliphatic heterocycles. The first-order valence-corrected chi connectivity index (χ1v) is 5.94. The van der Waals surface area contributed by atoms with E-state index in [9.17, 15) is 9.59 Å². The fraction of sp³-hybridized carbons (Fsp3) is 0.429. The molecule has 0 radical (unpaired) electrons. The van der Waals surface area contributed by atoms with Gasteiger partial charge in [-0.05, 0) is 6.42 Å². The number of methoxy groups -OCH3 is 1. The van der Waals surface area contributed by atoms with Gasteiger partial charge in [0.1, 0.15) is 12.5 Å². The van der Waals surface area contributed by atoms with Gasteiger partial charge in [-0.3, -0.25) is 9.59 Å². The molecule has 1 aromatic rings. The summed E-state index contributed by atoms with van der Waals surface area (Å²) >= 11 is 0. The van der Waals surface area contributed by atoms with Crippen LogP contribution in [0.3, 0.4) is 0 Å². The molecular formula is C14H18O4. The Kier molecular flexibility index (Phi) is 6.08. The number of rotatable bonds is 7. The number of benzene rings is 1.